The highest BCUT2D eigenvalue weighted by atomic mass is 35.5. The Morgan fingerprint density at radius 3 is 2.54 bits per heavy atom. The van der Waals surface area contributed by atoms with E-state index in [-0.39, 0.29) is 0 Å². The van der Waals surface area contributed by atoms with Crippen molar-refractivity contribution >= 4 is 23.6 Å². The summed E-state index contributed by atoms with van der Waals surface area (Å²) in [4.78, 5) is 11.9. The van der Waals surface area contributed by atoms with Crippen molar-refractivity contribution in [3.05, 3.63) is 58.6 Å². The predicted molar refractivity (Wildman–Crippen MR) is 95.0 cm³/mol. The largest absolute Gasteiger partial charge is 0.493 e. The van der Waals surface area contributed by atoms with E-state index < -0.39 is 5.97 Å². The highest BCUT2D eigenvalue weighted by molar-refractivity contribution is 6.30. The number of carbonyl (C=O) groups excluding carboxylic acids is 1. The Labute approximate surface area is 146 Å². The van der Waals surface area contributed by atoms with Crippen LogP contribution in [-0.4, -0.2) is 19.7 Å². The van der Waals surface area contributed by atoms with E-state index in [1.165, 1.54) is 6.08 Å². The van der Waals surface area contributed by atoms with Crippen LogP contribution in [0.4, 0.5) is 0 Å². The molecule has 24 heavy (non-hydrogen) atoms. The number of aryl methyl sites for hydroxylation is 1. The summed E-state index contributed by atoms with van der Waals surface area (Å²) in [5.74, 6) is 1.30. The average molecular weight is 347 g/mol. The van der Waals surface area contributed by atoms with Gasteiger partial charge in [0.25, 0.3) is 0 Å². The Balaban J connectivity index is 2.08. The van der Waals surface area contributed by atoms with Crippen LogP contribution in [0.3, 0.4) is 0 Å². The second kappa shape index (κ2) is 8.41. The molecule has 5 heteroatoms. The van der Waals surface area contributed by atoms with E-state index in [4.69, 9.17) is 25.8 Å². The van der Waals surface area contributed by atoms with Gasteiger partial charge in [0.15, 0.2) is 11.5 Å². The molecule has 0 spiro atoms. The molecule has 0 aliphatic heterocycles. The third kappa shape index (κ3) is 4.77. The summed E-state index contributed by atoms with van der Waals surface area (Å²) in [7, 11) is 1.57. The smallest absolute Gasteiger partial charge is 0.336 e. The molecule has 0 aliphatic rings. The zero-order valence-corrected chi connectivity index (χ0v) is 14.6. The lowest BCUT2D eigenvalue weighted by Crippen LogP contribution is -2.04. The zero-order valence-electron chi connectivity index (χ0n) is 13.8. The van der Waals surface area contributed by atoms with Gasteiger partial charge in [-0.05, 0) is 61.4 Å². The third-order valence-corrected chi connectivity index (χ3v) is 3.48. The summed E-state index contributed by atoms with van der Waals surface area (Å²) < 4.78 is 16.0. The van der Waals surface area contributed by atoms with Crippen LogP contribution in [0.15, 0.2) is 42.5 Å². The molecule has 0 amide bonds. The van der Waals surface area contributed by atoms with E-state index in [2.05, 4.69) is 0 Å². The summed E-state index contributed by atoms with van der Waals surface area (Å²) in [6.45, 7) is 4.29. The van der Waals surface area contributed by atoms with Crippen LogP contribution in [0.25, 0.3) is 6.08 Å². The van der Waals surface area contributed by atoms with Crippen LogP contribution >= 0.6 is 11.6 Å². The number of halogens is 1. The minimum Gasteiger partial charge on any atom is -0.493 e. The molecule has 0 atom stereocenters. The highest BCUT2D eigenvalue weighted by Gasteiger charge is 2.06. The number of hydrogen-bond donors (Lipinski definition) is 0. The molecular formula is C19H19ClO4. The molecule has 2 aromatic carbocycles. The summed E-state index contributed by atoms with van der Waals surface area (Å²) in [6, 6.07) is 10.5. The van der Waals surface area contributed by atoms with Crippen LogP contribution in [0.5, 0.6) is 17.2 Å². The Morgan fingerprint density at radius 1 is 1.12 bits per heavy atom. The molecule has 4 nitrogen and oxygen atoms in total. The van der Waals surface area contributed by atoms with E-state index in [1.54, 1.807) is 43.5 Å². The Hall–Kier alpha value is -2.46. The topological polar surface area (TPSA) is 44.8 Å². The highest BCUT2D eigenvalue weighted by Crippen LogP contribution is 2.28. The van der Waals surface area contributed by atoms with Gasteiger partial charge in [-0.2, -0.15) is 0 Å². The van der Waals surface area contributed by atoms with Gasteiger partial charge in [0.1, 0.15) is 5.75 Å². The Bertz CT molecular complexity index is 753. The van der Waals surface area contributed by atoms with Gasteiger partial charge in [0.05, 0.1) is 13.7 Å². The number of carbonyl (C=O) groups is 1. The Morgan fingerprint density at radius 2 is 1.88 bits per heavy atom. The van der Waals surface area contributed by atoms with Gasteiger partial charge in [-0.1, -0.05) is 17.7 Å². The minimum atomic E-state index is -0.465. The second-order valence-electron chi connectivity index (χ2n) is 5.01. The standard InChI is InChI=1S/C19H19ClO4/c1-4-23-17-8-5-14(12-18(17)22-3)6-10-19(21)24-16-9-7-15(20)11-13(16)2/h5-12H,4H2,1-3H3/b10-6+. The van der Waals surface area contributed by atoms with Crippen LogP contribution in [0.1, 0.15) is 18.1 Å². The Kier molecular flexibility index (Phi) is 6.27. The molecule has 0 unspecified atom stereocenters. The van der Waals surface area contributed by atoms with Gasteiger partial charge < -0.3 is 14.2 Å². The first kappa shape index (κ1) is 17.9. The fraction of sp³-hybridized carbons (Fsp3) is 0.211. The molecule has 0 radical (unpaired) electrons. The van der Waals surface area contributed by atoms with Gasteiger partial charge in [-0.25, -0.2) is 4.79 Å². The van der Waals surface area contributed by atoms with Gasteiger partial charge >= 0.3 is 5.97 Å². The van der Waals surface area contributed by atoms with Gasteiger partial charge in [-0.15, -0.1) is 0 Å². The number of esters is 1. The lowest BCUT2D eigenvalue weighted by atomic mass is 10.2. The lowest BCUT2D eigenvalue weighted by molar-refractivity contribution is -0.128. The lowest BCUT2D eigenvalue weighted by Gasteiger charge is -2.09. The molecule has 126 valence electrons. The van der Waals surface area contributed by atoms with E-state index >= 15 is 0 Å². The summed E-state index contributed by atoms with van der Waals surface area (Å²) >= 11 is 5.88. The molecule has 0 saturated heterocycles. The molecule has 0 saturated carbocycles. The van der Waals surface area contributed by atoms with Gasteiger partial charge in [-0.3, -0.25) is 0 Å². The van der Waals surface area contributed by atoms with E-state index in [0.717, 1.165) is 11.1 Å². The van der Waals surface area contributed by atoms with Crippen LogP contribution in [0, 0.1) is 6.92 Å². The van der Waals surface area contributed by atoms with Crippen molar-refractivity contribution in [3.8, 4) is 17.2 Å². The molecule has 2 aromatic rings. The number of benzene rings is 2. The number of rotatable bonds is 6. The first-order valence-electron chi connectivity index (χ1n) is 7.50. The minimum absolute atomic E-state index is 0.465. The molecule has 0 bridgehead atoms. The first-order chi connectivity index (χ1) is 11.5. The van der Waals surface area contributed by atoms with Crippen molar-refractivity contribution in [3.63, 3.8) is 0 Å². The third-order valence-electron chi connectivity index (χ3n) is 3.25. The predicted octanol–water partition coefficient (Wildman–Crippen LogP) is 4.67. The van der Waals surface area contributed by atoms with Gasteiger partial charge in [0, 0.05) is 11.1 Å². The van der Waals surface area contributed by atoms with Crippen molar-refractivity contribution in [1.29, 1.82) is 0 Å². The fourth-order valence-electron chi connectivity index (χ4n) is 2.10. The average Bonchev–Trinajstić information content (AvgIpc) is 2.56. The second-order valence-corrected chi connectivity index (χ2v) is 5.44. The quantitative estimate of drug-likeness (QED) is 0.433. The first-order valence-corrected chi connectivity index (χ1v) is 7.88. The summed E-state index contributed by atoms with van der Waals surface area (Å²) in [5.41, 5.74) is 1.60. The summed E-state index contributed by atoms with van der Waals surface area (Å²) in [6.07, 6.45) is 3.02. The number of methoxy groups -OCH3 is 1. The van der Waals surface area contributed by atoms with Crippen molar-refractivity contribution < 1.29 is 19.0 Å². The van der Waals surface area contributed by atoms with E-state index in [9.17, 15) is 4.79 Å². The fourth-order valence-corrected chi connectivity index (χ4v) is 2.32. The van der Waals surface area contributed by atoms with Crippen molar-refractivity contribution in [1.82, 2.24) is 0 Å². The van der Waals surface area contributed by atoms with E-state index in [1.807, 2.05) is 19.9 Å². The van der Waals surface area contributed by atoms with Crippen LogP contribution in [-0.2, 0) is 4.79 Å². The van der Waals surface area contributed by atoms with Crippen LogP contribution in [0.2, 0.25) is 5.02 Å². The van der Waals surface area contributed by atoms with Crippen molar-refractivity contribution in [2.24, 2.45) is 0 Å². The summed E-state index contributed by atoms with van der Waals surface area (Å²) in [5, 5.41) is 0.601. The number of ether oxygens (including phenoxy) is 3. The molecule has 0 heterocycles. The maximum Gasteiger partial charge on any atom is 0.336 e. The van der Waals surface area contributed by atoms with Crippen molar-refractivity contribution in [2.45, 2.75) is 13.8 Å². The molecule has 2 rings (SSSR count). The molecule has 0 N–H and O–H groups in total. The van der Waals surface area contributed by atoms with Gasteiger partial charge in [0.2, 0.25) is 0 Å². The monoisotopic (exact) mass is 346 g/mol. The maximum atomic E-state index is 11.9. The molecular weight excluding hydrogens is 328 g/mol. The maximum absolute atomic E-state index is 11.9. The number of hydrogen-bond acceptors (Lipinski definition) is 4. The SMILES string of the molecule is CCOc1ccc(/C=C/C(=O)Oc2ccc(Cl)cc2C)cc1OC. The molecule has 0 fully saturated rings. The van der Waals surface area contributed by atoms with Crippen LogP contribution < -0.4 is 14.2 Å². The molecule has 0 aliphatic carbocycles. The molecule has 0 aromatic heterocycles. The van der Waals surface area contributed by atoms with Crippen molar-refractivity contribution in [2.75, 3.05) is 13.7 Å². The normalized spacial score (nSPS) is 10.7. The zero-order chi connectivity index (χ0) is 17.5. The van der Waals surface area contributed by atoms with E-state index in [0.29, 0.717) is 28.9 Å².